The van der Waals surface area contributed by atoms with Crippen LogP contribution < -0.4 is 0 Å². The smallest absolute Gasteiger partial charge is 0.154 e. The highest BCUT2D eigenvalue weighted by molar-refractivity contribution is 7.91. The summed E-state index contributed by atoms with van der Waals surface area (Å²) in [6.07, 6.45) is 0. The van der Waals surface area contributed by atoms with Crippen molar-refractivity contribution in [1.29, 1.82) is 0 Å². The Morgan fingerprint density at radius 1 is 1.15 bits per heavy atom. The molecule has 5 heteroatoms. The summed E-state index contributed by atoms with van der Waals surface area (Å²) < 4.78 is 32.3. The zero-order valence-corrected chi connectivity index (χ0v) is 9.26. The Morgan fingerprint density at radius 2 is 1.77 bits per heavy atom. The van der Waals surface area contributed by atoms with Crippen molar-refractivity contribution in [2.45, 2.75) is 19.1 Å². The predicted molar refractivity (Wildman–Crippen MR) is 51.6 cm³/mol. The molecular formula is C8H18O4S. The van der Waals surface area contributed by atoms with Gasteiger partial charge in [-0.25, -0.2) is 8.42 Å². The maximum Gasteiger partial charge on any atom is 0.154 e. The molecule has 0 aromatic heterocycles. The van der Waals surface area contributed by atoms with E-state index in [0.29, 0.717) is 13.2 Å². The lowest BCUT2D eigenvalue weighted by molar-refractivity contribution is 0.0785. The lowest BCUT2D eigenvalue weighted by atomic mass is 10.6. The summed E-state index contributed by atoms with van der Waals surface area (Å²) in [5, 5.41) is -0.321. The normalized spacial score (nSPS) is 12.3. The van der Waals surface area contributed by atoms with Crippen molar-refractivity contribution in [3.8, 4) is 0 Å². The van der Waals surface area contributed by atoms with Crippen LogP contribution >= 0.6 is 0 Å². The molecule has 0 bridgehead atoms. The zero-order valence-electron chi connectivity index (χ0n) is 8.45. The van der Waals surface area contributed by atoms with Crippen molar-refractivity contribution in [3.63, 3.8) is 0 Å². The van der Waals surface area contributed by atoms with Gasteiger partial charge in [0.2, 0.25) is 0 Å². The third kappa shape index (κ3) is 6.01. The first-order valence-electron chi connectivity index (χ1n) is 4.29. The SMILES string of the molecule is COCCOCCS(=O)(=O)C(C)C. The first-order chi connectivity index (χ1) is 6.00. The fraction of sp³-hybridized carbons (Fsp3) is 1.00. The molecule has 0 aromatic carbocycles. The number of ether oxygens (including phenoxy) is 2. The molecule has 0 aliphatic heterocycles. The van der Waals surface area contributed by atoms with E-state index >= 15 is 0 Å². The molecule has 0 N–H and O–H groups in total. The Labute approximate surface area is 80.1 Å². The van der Waals surface area contributed by atoms with Gasteiger partial charge in [-0.15, -0.1) is 0 Å². The van der Waals surface area contributed by atoms with Crippen LogP contribution in [0.1, 0.15) is 13.8 Å². The molecule has 0 atom stereocenters. The number of hydrogen-bond acceptors (Lipinski definition) is 4. The van der Waals surface area contributed by atoms with E-state index in [0.717, 1.165) is 0 Å². The molecule has 0 spiro atoms. The van der Waals surface area contributed by atoms with Gasteiger partial charge in [0.25, 0.3) is 0 Å². The van der Waals surface area contributed by atoms with Crippen LogP contribution in [0.25, 0.3) is 0 Å². The molecule has 0 rings (SSSR count). The van der Waals surface area contributed by atoms with Gasteiger partial charge in [-0.05, 0) is 13.8 Å². The van der Waals surface area contributed by atoms with Gasteiger partial charge in [-0.1, -0.05) is 0 Å². The predicted octanol–water partition coefficient (Wildman–Crippen LogP) is 0.473. The average Bonchev–Trinajstić information content (AvgIpc) is 2.03. The Morgan fingerprint density at radius 3 is 2.23 bits per heavy atom. The van der Waals surface area contributed by atoms with Crippen molar-refractivity contribution in [1.82, 2.24) is 0 Å². The van der Waals surface area contributed by atoms with Gasteiger partial charge in [-0.3, -0.25) is 0 Å². The lowest BCUT2D eigenvalue weighted by Crippen LogP contribution is -2.21. The molecule has 0 aromatic rings. The number of sulfone groups is 1. The molecule has 0 saturated heterocycles. The van der Waals surface area contributed by atoms with Gasteiger partial charge in [0.15, 0.2) is 9.84 Å². The van der Waals surface area contributed by atoms with Crippen LogP contribution in [-0.4, -0.2) is 46.4 Å². The molecule has 13 heavy (non-hydrogen) atoms. The molecule has 0 aliphatic rings. The second-order valence-electron chi connectivity index (χ2n) is 3.02. The Balaban J connectivity index is 3.53. The van der Waals surface area contributed by atoms with Gasteiger partial charge in [0.1, 0.15) is 0 Å². The van der Waals surface area contributed by atoms with Crippen molar-refractivity contribution < 1.29 is 17.9 Å². The molecule has 0 heterocycles. The highest BCUT2D eigenvalue weighted by Crippen LogP contribution is 1.99. The van der Waals surface area contributed by atoms with E-state index in [1.807, 2.05) is 0 Å². The Bertz CT molecular complexity index is 208. The second-order valence-corrected chi connectivity index (χ2v) is 5.70. The standard InChI is InChI=1S/C8H18O4S/c1-8(2)13(9,10)7-6-12-5-4-11-3/h8H,4-7H2,1-3H3. The van der Waals surface area contributed by atoms with Crippen molar-refractivity contribution in [2.24, 2.45) is 0 Å². The van der Waals surface area contributed by atoms with Crippen LogP contribution in [0.3, 0.4) is 0 Å². The summed E-state index contributed by atoms with van der Waals surface area (Å²) in [6.45, 7) is 4.55. The monoisotopic (exact) mass is 210 g/mol. The van der Waals surface area contributed by atoms with E-state index in [9.17, 15) is 8.42 Å². The van der Waals surface area contributed by atoms with Crippen LogP contribution in [0, 0.1) is 0 Å². The van der Waals surface area contributed by atoms with E-state index in [4.69, 9.17) is 9.47 Å². The summed E-state index contributed by atoms with van der Waals surface area (Å²) in [6, 6.07) is 0. The minimum atomic E-state index is -2.95. The van der Waals surface area contributed by atoms with Gasteiger partial charge in [0.05, 0.1) is 30.8 Å². The maximum atomic E-state index is 11.3. The van der Waals surface area contributed by atoms with Crippen LogP contribution in [-0.2, 0) is 19.3 Å². The minimum absolute atomic E-state index is 0.0916. The number of hydrogen-bond donors (Lipinski definition) is 0. The summed E-state index contributed by atoms with van der Waals surface area (Å²) >= 11 is 0. The van der Waals surface area contributed by atoms with E-state index in [2.05, 4.69) is 0 Å². The fourth-order valence-electron chi connectivity index (χ4n) is 0.655. The summed E-state index contributed by atoms with van der Waals surface area (Å²) in [5.41, 5.74) is 0. The van der Waals surface area contributed by atoms with E-state index in [1.54, 1.807) is 21.0 Å². The Hall–Kier alpha value is -0.130. The summed E-state index contributed by atoms with van der Waals surface area (Å²) in [7, 11) is -1.37. The molecule has 4 nitrogen and oxygen atoms in total. The van der Waals surface area contributed by atoms with Gasteiger partial charge < -0.3 is 9.47 Å². The first kappa shape index (κ1) is 12.9. The fourth-order valence-corrected chi connectivity index (χ4v) is 1.48. The molecule has 0 fully saturated rings. The molecule has 0 unspecified atom stereocenters. The average molecular weight is 210 g/mol. The minimum Gasteiger partial charge on any atom is -0.382 e. The molecule has 80 valence electrons. The quantitative estimate of drug-likeness (QED) is 0.573. The maximum absolute atomic E-state index is 11.3. The van der Waals surface area contributed by atoms with Gasteiger partial charge in [0, 0.05) is 7.11 Å². The zero-order chi connectivity index (χ0) is 10.3. The molecule has 0 amide bonds. The van der Waals surface area contributed by atoms with Crippen LogP contribution in [0.5, 0.6) is 0 Å². The van der Waals surface area contributed by atoms with E-state index < -0.39 is 9.84 Å². The molecule has 0 aliphatic carbocycles. The molecule has 0 saturated carbocycles. The number of methoxy groups -OCH3 is 1. The van der Waals surface area contributed by atoms with Crippen molar-refractivity contribution in [3.05, 3.63) is 0 Å². The Kier molecular flexibility index (Phi) is 6.28. The van der Waals surface area contributed by atoms with E-state index in [1.165, 1.54) is 0 Å². The van der Waals surface area contributed by atoms with Gasteiger partial charge >= 0.3 is 0 Å². The second kappa shape index (κ2) is 6.34. The first-order valence-corrected chi connectivity index (χ1v) is 6.00. The highest BCUT2D eigenvalue weighted by Gasteiger charge is 2.14. The topological polar surface area (TPSA) is 52.6 Å². The van der Waals surface area contributed by atoms with Crippen LogP contribution in [0.15, 0.2) is 0 Å². The number of rotatable bonds is 7. The molecule has 0 radical (unpaired) electrons. The van der Waals surface area contributed by atoms with Gasteiger partial charge in [-0.2, -0.15) is 0 Å². The highest BCUT2D eigenvalue weighted by atomic mass is 32.2. The molecular weight excluding hydrogens is 192 g/mol. The van der Waals surface area contributed by atoms with Crippen LogP contribution in [0.2, 0.25) is 0 Å². The summed E-state index contributed by atoms with van der Waals surface area (Å²) in [4.78, 5) is 0. The van der Waals surface area contributed by atoms with Crippen LogP contribution in [0.4, 0.5) is 0 Å². The van der Waals surface area contributed by atoms with E-state index in [-0.39, 0.29) is 17.6 Å². The summed E-state index contributed by atoms with van der Waals surface area (Å²) in [5.74, 6) is 0.0916. The third-order valence-corrected chi connectivity index (χ3v) is 3.83. The van der Waals surface area contributed by atoms with Crippen molar-refractivity contribution >= 4 is 9.84 Å². The largest absolute Gasteiger partial charge is 0.382 e. The van der Waals surface area contributed by atoms with Crippen molar-refractivity contribution in [2.75, 3.05) is 32.7 Å². The third-order valence-electron chi connectivity index (χ3n) is 1.66. The lowest BCUT2D eigenvalue weighted by Gasteiger charge is -2.07.